The van der Waals surface area contributed by atoms with Crippen LogP contribution in [0.25, 0.3) is 0 Å². The molecule has 0 aromatic heterocycles. The molecule has 1 aromatic carbocycles. The zero-order valence-corrected chi connectivity index (χ0v) is 11.1. The average molecular weight is 244 g/mol. The number of benzene rings is 1. The standard InChI is InChI=1S/C16H24N2/c1-2-3-10-15(17)14-9-5-6-11-16(14)18-12-7-4-8-13-18/h2,5-6,9,11,15H,1,3-4,7-8,10,12-13,17H2. The van der Waals surface area contributed by atoms with E-state index in [9.17, 15) is 0 Å². The molecule has 0 spiro atoms. The Morgan fingerprint density at radius 3 is 2.67 bits per heavy atom. The SMILES string of the molecule is C=CCCC(N)c1ccccc1N1CCCCC1. The predicted molar refractivity (Wildman–Crippen MR) is 78.9 cm³/mol. The third-order valence-electron chi connectivity index (χ3n) is 3.71. The van der Waals surface area contributed by atoms with Crippen molar-refractivity contribution < 1.29 is 0 Å². The summed E-state index contributed by atoms with van der Waals surface area (Å²) in [5, 5.41) is 0. The maximum Gasteiger partial charge on any atom is 0.0414 e. The quantitative estimate of drug-likeness (QED) is 0.801. The number of hydrogen-bond donors (Lipinski definition) is 1. The van der Waals surface area contributed by atoms with E-state index in [1.54, 1.807) is 0 Å². The van der Waals surface area contributed by atoms with Crippen LogP contribution in [0.1, 0.15) is 43.7 Å². The summed E-state index contributed by atoms with van der Waals surface area (Å²) in [6, 6.07) is 8.73. The normalized spacial score (nSPS) is 17.5. The van der Waals surface area contributed by atoms with Gasteiger partial charge in [-0.15, -0.1) is 6.58 Å². The topological polar surface area (TPSA) is 29.3 Å². The Hall–Kier alpha value is -1.28. The number of allylic oxidation sites excluding steroid dienone is 1. The molecule has 0 radical (unpaired) electrons. The van der Waals surface area contributed by atoms with E-state index < -0.39 is 0 Å². The van der Waals surface area contributed by atoms with E-state index in [0.717, 1.165) is 12.8 Å². The van der Waals surface area contributed by atoms with Crippen molar-refractivity contribution in [3.05, 3.63) is 42.5 Å². The summed E-state index contributed by atoms with van der Waals surface area (Å²) >= 11 is 0. The predicted octanol–water partition coefficient (Wildman–Crippen LogP) is 3.64. The van der Waals surface area contributed by atoms with Gasteiger partial charge in [0.2, 0.25) is 0 Å². The van der Waals surface area contributed by atoms with Crippen molar-refractivity contribution in [2.45, 2.75) is 38.1 Å². The molecular formula is C16H24N2. The van der Waals surface area contributed by atoms with Gasteiger partial charge in [-0.3, -0.25) is 0 Å². The Kier molecular flexibility index (Phi) is 4.82. The minimum Gasteiger partial charge on any atom is -0.371 e. The molecule has 0 amide bonds. The molecule has 0 bridgehead atoms. The Morgan fingerprint density at radius 2 is 1.94 bits per heavy atom. The smallest absolute Gasteiger partial charge is 0.0414 e. The summed E-state index contributed by atoms with van der Waals surface area (Å²) in [4.78, 5) is 2.49. The second-order valence-corrected chi connectivity index (χ2v) is 5.08. The minimum absolute atomic E-state index is 0.126. The Balaban J connectivity index is 2.15. The molecule has 1 aliphatic heterocycles. The van der Waals surface area contributed by atoms with Crippen LogP contribution in [0, 0.1) is 0 Å². The third-order valence-corrected chi connectivity index (χ3v) is 3.71. The number of hydrogen-bond acceptors (Lipinski definition) is 2. The number of rotatable bonds is 5. The van der Waals surface area contributed by atoms with Crippen molar-refractivity contribution in [3.63, 3.8) is 0 Å². The first-order valence-electron chi connectivity index (χ1n) is 7.03. The van der Waals surface area contributed by atoms with Crippen LogP contribution in [0.5, 0.6) is 0 Å². The first-order valence-corrected chi connectivity index (χ1v) is 7.03. The summed E-state index contributed by atoms with van der Waals surface area (Å²) in [5.41, 5.74) is 8.95. The molecular weight excluding hydrogens is 220 g/mol. The van der Waals surface area contributed by atoms with Crippen LogP contribution in [-0.2, 0) is 0 Å². The van der Waals surface area contributed by atoms with Gasteiger partial charge in [-0.1, -0.05) is 24.3 Å². The van der Waals surface area contributed by atoms with E-state index in [0.29, 0.717) is 0 Å². The number of piperidine rings is 1. The van der Waals surface area contributed by atoms with E-state index in [2.05, 4.69) is 35.7 Å². The van der Waals surface area contributed by atoms with Crippen molar-refractivity contribution in [2.24, 2.45) is 5.73 Å². The van der Waals surface area contributed by atoms with Crippen molar-refractivity contribution in [2.75, 3.05) is 18.0 Å². The van der Waals surface area contributed by atoms with Crippen molar-refractivity contribution >= 4 is 5.69 Å². The molecule has 1 aromatic rings. The average Bonchev–Trinajstić information content (AvgIpc) is 2.45. The largest absolute Gasteiger partial charge is 0.371 e. The highest BCUT2D eigenvalue weighted by molar-refractivity contribution is 5.55. The molecule has 1 fully saturated rings. The van der Waals surface area contributed by atoms with E-state index in [1.165, 1.54) is 43.6 Å². The number of nitrogens with zero attached hydrogens (tertiary/aromatic N) is 1. The van der Waals surface area contributed by atoms with Gasteiger partial charge in [-0.25, -0.2) is 0 Å². The summed E-state index contributed by atoms with van der Waals surface area (Å²) in [6.07, 6.45) is 7.88. The molecule has 98 valence electrons. The van der Waals surface area contributed by atoms with Crippen molar-refractivity contribution in [3.8, 4) is 0 Å². The molecule has 2 heteroatoms. The van der Waals surface area contributed by atoms with Gasteiger partial charge in [0.1, 0.15) is 0 Å². The van der Waals surface area contributed by atoms with Crippen LogP contribution >= 0.6 is 0 Å². The van der Waals surface area contributed by atoms with Gasteiger partial charge in [0.05, 0.1) is 0 Å². The second-order valence-electron chi connectivity index (χ2n) is 5.08. The minimum atomic E-state index is 0.126. The van der Waals surface area contributed by atoms with Crippen molar-refractivity contribution in [1.82, 2.24) is 0 Å². The molecule has 18 heavy (non-hydrogen) atoms. The molecule has 1 unspecified atom stereocenters. The van der Waals surface area contributed by atoms with E-state index in [-0.39, 0.29) is 6.04 Å². The highest BCUT2D eigenvalue weighted by Gasteiger charge is 2.17. The molecule has 0 saturated carbocycles. The van der Waals surface area contributed by atoms with Gasteiger partial charge in [0.25, 0.3) is 0 Å². The summed E-state index contributed by atoms with van der Waals surface area (Å²) in [5.74, 6) is 0. The van der Waals surface area contributed by atoms with Crippen LogP contribution in [0.2, 0.25) is 0 Å². The first-order chi connectivity index (χ1) is 8.83. The van der Waals surface area contributed by atoms with E-state index in [4.69, 9.17) is 5.73 Å². The monoisotopic (exact) mass is 244 g/mol. The molecule has 1 heterocycles. The number of nitrogens with two attached hydrogens (primary N) is 1. The molecule has 1 atom stereocenters. The van der Waals surface area contributed by atoms with Gasteiger partial charge in [0.15, 0.2) is 0 Å². The fraction of sp³-hybridized carbons (Fsp3) is 0.500. The Morgan fingerprint density at radius 1 is 1.22 bits per heavy atom. The number of para-hydroxylation sites is 1. The zero-order valence-electron chi connectivity index (χ0n) is 11.1. The summed E-state index contributed by atoms with van der Waals surface area (Å²) in [7, 11) is 0. The highest BCUT2D eigenvalue weighted by atomic mass is 15.1. The van der Waals surface area contributed by atoms with Gasteiger partial charge in [0, 0.05) is 24.8 Å². The lowest BCUT2D eigenvalue weighted by Gasteiger charge is -2.31. The Bertz CT molecular complexity index is 380. The molecule has 2 nitrogen and oxygen atoms in total. The zero-order chi connectivity index (χ0) is 12.8. The lowest BCUT2D eigenvalue weighted by atomic mass is 9.99. The van der Waals surface area contributed by atoms with Gasteiger partial charge in [-0.05, 0) is 43.7 Å². The van der Waals surface area contributed by atoms with Crippen LogP contribution in [-0.4, -0.2) is 13.1 Å². The third kappa shape index (κ3) is 3.14. The summed E-state index contributed by atoms with van der Waals surface area (Å²) in [6.45, 7) is 6.12. The second kappa shape index (κ2) is 6.60. The van der Waals surface area contributed by atoms with Crippen LogP contribution in [0.15, 0.2) is 36.9 Å². The summed E-state index contributed by atoms with van der Waals surface area (Å²) < 4.78 is 0. The Labute approximate surface area is 110 Å². The van der Waals surface area contributed by atoms with Gasteiger partial charge >= 0.3 is 0 Å². The van der Waals surface area contributed by atoms with Crippen LogP contribution in [0.3, 0.4) is 0 Å². The first kappa shape index (κ1) is 13.2. The lowest BCUT2D eigenvalue weighted by Crippen LogP contribution is -2.31. The lowest BCUT2D eigenvalue weighted by molar-refractivity contribution is 0.571. The maximum absolute atomic E-state index is 6.31. The van der Waals surface area contributed by atoms with E-state index in [1.807, 2.05) is 6.08 Å². The molecule has 2 rings (SSSR count). The highest BCUT2D eigenvalue weighted by Crippen LogP contribution is 2.29. The molecule has 1 aliphatic rings. The fourth-order valence-electron chi connectivity index (χ4n) is 2.68. The molecule has 1 saturated heterocycles. The number of anilines is 1. The van der Waals surface area contributed by atoms with E-state index >= 15 is 0 Å². The fourth-order valence-corrected chi connectivity index (χ4v) is 2.68. The van der Waals surface area contributed by atoms with Gasteiger partial charge < -0.3 is 10.6 Å². The van der Waals surface area contributed by atoms with Crippen LogP contribution < -0.4 is 10.6 Å². The molecule has 0 aliphatic carbocycles. The van der Waals surface area contributed by atoms with Gasteiger partial charge in [-0.2, -0.15) is 0 Å². The molecule has 2 N–H and O–H groups in total. The van der Waals surface area contributed by atoms with Crippen molar-refractivity contribution in [1.29, 1.82) is 0 Å². The van der Waals surface area contributed by atoms with Crippen LogP contribution in [0.4, 0.5) is 5.69 Å². The maximum atomic E-state index is 6.31.